The molecule has 23 heavy (non-hydrogen) atoms. The molecular formula is C15H20BrN3O3S. The molecule has 0 aromatic heterocycles. The molecule has 2 fully saturated rings. The van der Waals surface area contributed by atoms with E-state index in [1.54, 1.807) is 29.2 Å². The molecule has 1 aromatic carbocycles. The zero-order valence-electron chi connectivity index (χ0n) is 13.0. The van der Waals surface area contributed by atoms with Crippen LogP contribution in [0, 0.1) is 0 Å². The third-order valence-corrected chi connectivity index (χ3v) is 7.48. The monoisotopic (exact) mass is 401 g/mol. The molecule has 0 radical (unpaired) electrons. The Morgan fingerprint density at radius 3 is 2.30 bits per heavy atom. The summed E-state index contributed by atoms with van der Waals surface area (Å²) in [6.07, 6.45) is 0.826. The van der Waals surface area contributed by atoms with Crippen molar-refractivity contribution in [3.05, 3.63) is 28.7 Å². The second-order valence-corrected chi connectivity index (χ2v) is 8.70. The zero-order chi connectivity index (χ0) is 16.6. The van der Waals surface area contributed by atoms with Crippen molar-refractivity contribution < 1.29 is 13.2 Å². The van der Waals surface area contributed by atoms with E-state index in [0.717, 1.165) is 13.0 Å². The van der Waals surface area contributed by atoms with E-state index in [0.29, 0.717) is 35.5 Å². The molecule has 8 heteroatoms. The van der Waals surface area contributed by atoms with Crippen LogP contribution in [-0.4, -0.2) is 74.2 Å². The number of piperazine rings is 1. The normalized spacial score (nSPS) is 24.3. The standard InChI is InChI=1S/C15H20BrN3O3S/c1-17-7-6-13(15(17)20)18-8-10-19(11-9-18)23(21,22)14-5-3-2-4-12(14)16/h2-5,13H,6-11H2,1H3. The Morgan fingerprint density at radius 1 is 1.09 bits per heavy atom. The molecule has 0 spiro atoms. The summed E-state index contributed by atoms with van der Waals surface area (Å²) in [6.45, 7) is 2.79. The smallest absolute Gasteiger partial charge is 0.244 e. The maximum Gasteiger partial charge on any atom is 0.244 e. The first-order valence-electron chi connectivity index (χ1n) is 7.65. The van der Waals surface area contributed by atoms with Gasteiger partial charge in [-0.05, 0) is 34.5 Å². The van der Waals surface area contributed by atoms with Crippen LogP contribution < -0.4 is 0 Å². The minimum atomic E-state index is -3.50. The van der Waals surface area contributed by atoms with Gasteiger partial charge in [0.15, 0.2) is 0 Å². The number of sulfonamides is 1. The van der Waals surface area contributed by atoms with Crippen molar-refractivity contribution in [3.63, 3.8) is 0 Å². The molecule has 1 amide bonds. The Bertz CT molecular complexity index is 702. The maximum absolute atomic E-state index is 12.8. The van der Waals surface area contributed by atoms with Crippen molar-refractivity contribution >= 4 is 31.9 Å². The predicted octanol–water partition coefficient (Wildman–Crippen LogP) is 0.986. The molecule has 126 valence electrons. The largest absolute Gasteiger partial charge is 0.344 e. The van der Waals surface area contributed by atoms with Gasteiger partial charge in [0.05, 0.1) is 10.9 Å². The van der Waals surface area contributed by atoms with Crippen LogP contribution in [0.25, 0.3) is 0 Å². The Balaban J connectivity index is 1.69. The molecule has 2 aliphatic rings. The third-order valence-electron chi connectivity index (χ3n) is 4.57. The highest BCUT2D eigenvalue weighted by atomic mass is 79.9. The van der Waals surface area contributed by atoms with Crippen molar-refractivity contribution in [3.8, 4) is 0 Å². The fourth-order valence-electron chi connectivity index (χ4n) is 3.19. The molecule has 3 rings (SSSR count). The summed E-state index contributed by atoms with van der Waals surface area (Å²) in [6, 6.07) is 6.77. The van der Waals surface area contributed by atoms with Crippen LogP contribution in [0.1, 0.15) is 6.42 Å². The molecule has 0 N–H and O–H groups in total. The van der Waals surface area contributed by atoms with Crippen molar-refractivity contribution in [2.75, 3.05) is 39.8 Å². The molecule has 0 aliphatic carbocycles. The fraction of sp³-hybridized carbons (Fsp3) is 0.533. The number of carbonyl (C=O) groups excluding carboxylic acids is 1. The van der Waals surface area contributed by atoms with Gasteiger partial charge >= 0.3 is 0 Å². The van der Waals surface area contributed by atoms with Gasteiger partial charge in [0, 0.05) is 44.2 Å². The number of amides is 1. The zero-order valence-corrected chi connectivity index (χ0v) is 15.4. The summed E-state index contributed by atoms with van der Waals surface area (Å²) in [7, 11) is -1.68. The van der Waals surface area contributed by atoms with Crippen LogP contribution in [0.15, 0.2) is 33.6 Å². The van der Waals surface area contributed by atoms with Crippen LogP contribution in [-0.2, 0) is 14.8 Å². The van der Waals surface area contributed by atoms with Gasteiger partial charge < -0.3 is 4.90 Å². The molecule has 0 saturated carbocycles. The van der Waals surface area contributed by atoms with Gasteiger partial charge in [-0.1, -0.05) is 12.1 Å². The predicted molar refractivity (Wildman–Crippen MR) is 90.5 cm³/mol. The van der Waals surface area contributed by atoms with E-state index >= 15 is 0 Å². The molecular weight excluding hydrogens is 382 g/mol. The van der Waals surface area contributed by atoms with Crippen LogP contribution >= 0.6 is 15.9 Å². The molecule has 0 bridgehead atoms. The van der Waals surface area contributed by atoms with Gasteiger partial charge in [0.2, 0.25) is 15.9 Å². The first kappa shape index (κ1) is 16.9. The summed E-state index contributed by atoms with van der Waals surface area (Å²) < 4.78 is 27.6. The summed E-state index contributed by atoms with van der Waals surface area (Å²) in [5.74, 6) is 0.145. The van der Waals surface area contributed by atoms with Crippen molar-refractivity contribution in [1.82, 2.24) is 14.1 Å². The highest BCUT2D eigenvalue weighted by Gasteiger charge is 2.37. The molecule has 2 saturated heterocycles. The quantitative estimate of drug-likeness (QED) is 0.757. The average Bonchev–Trinajstić information content (AvgIpc) is 2.87. The highest BCUT2D eigenvalue weighted by Crippen LogP contribution is 2.26. The minimum absolute atomic E-state index is 0.0895. The SMILES string of the molecule is CN1CCC(N2CCN(S(=O)(=O)c3ccccc3Br)CC2)C1=O. The number of benzene rings is 1. The Labute approximate surface area is 145 Å². The summed E-state index contributed by atoms with van der Waals surface area (Å²) in [4.78, 5) is 16.2. The van der Waals surface area contributed by atoms with E-state index < -0.39 is 10.0 Å². The lowest BCUT2D eigenvalue weighted by Crippen LogP contribution is -2.53. The van der Waals surface area contributed by atoms with Gasteiger partial charge in [-0.3, -0.25) is 9.69 Å². The van der Waals surface area contributed by atoms with Crippen LogP contribution in [0.2, 0.25) is 0 Å². The molecule has 1 atom stereocenters. The third kappa shape index (κ3) is 3.17. The molecule has 6 nitrogen and oxygen atoms in total. The number of hydrogen-bond acceptors (Lipinski definition) is 4. The molecule has 1 unspecified atom stereocenters. The number of likely N-dealkylation sites (N-methyl/N-ethyl adjacent to an activating group) is 1. The maximum atomic E-state index is 12.8. The van der Waals surface area contributed by atoms with Gasteiger partial charge in [-0.2, -0.15) is 4.31 Å². The average molecular weight is 402 g/mol. The lowest BCUT2D eigenvalue weighted by molar-refractivity contribution is -0.131. The van der Waals surface area contributed by atoms with Crippen LogP contribution in [0.5, 0.6) is 0 Å². The van der Waals surface area contributed by atoms with E-state index in [9.17, 15) is 13.2 Å². The van der Waals surface area contributed by atoms with E-state index in [2.05, 4.69) is 20.8 Å². The minimum Gasteiger partial charge on any atom is -0.344 e. The Morgan fingerprint density at radius 2 is 1.74 bits per heavy atom. The van der Waals surface area contributed by atoms with Gasteiger partial charge in [0.25, 0.3) is 0 Å². The van der Waals surface area contributed by atoms with E-state index in [1.165, 1.54) is 4.31 Å². The number of nitrogens with zero attached hydrogens (tertiary/aromatic N) is 3. The Kier molecular flexibility index (Phi) is 4.78. The lowest BCUT2D eigenvalue weighted by atomic mass is 10.2. The van der Waals surface area contributed by atoms with E-state index in [4.69, 9.17) is 0 Å². The summed E-state index contributed by atoms with van der Waals surface area (Å²) in [5.41, 5.74) is 0. The molecule has 2 heterocycles. The Hall–Kier alpha value is -0.960. The van der Waals surface area contributed by atoms with Gasteiger partial charge in [0.1, 0.15) is 0 Å². The fourth-order valence-corrected chi connectivity index (χ4v) is 5.58. The number of hydrogen-bond donors (Lipinski definition) is 0. The number of halogens is 1. The second kappa shape index (κ2) is 6.51. The number of likely N-dealkylation sites (tertiary alicyclic amines) is 1. The summed E-state index contributed by atoms with van der Waals surface area (Å²) >= 11 is 3.31. The van der Waals surface area contributed by atoms with Crippen molar-refractivity contribution in [1.29, 1.82) is 0 Å². The molecule has 1 aromatic rings. The van der Waals surface area contributed by atoms with Crippen LogP contribution in [0.3, 0.4) is 0 Å². The van der Waals surface area contributed by atoms with E-state index in [1.807, 2.05) is 7.05 Å². The van der Waals surface area contributed by atoms with Gasteiger partial charge in [-0.15, -0.1) is 0 Å². The van der Waals surface area contributed by atoms with Crippen LogP contribution in [0.4, 0.5) is 0 Å². The number of carbonyl (C=O) groups is 1. The van der Waals surface area contributed by atoms with Crippen molar-refractivity contribution in [2.45, 2.75) is 17.4 Å². The first-order chi connectivity index (χ1) is 10.9. The van der Waals surface area contributed by atoms with Crippen molar-refractivity contribution in [2.24, 2.45) is 0 Å². The second-order valence-electron chi connectivity index (χ2n) is 5.93. The lowest BCUT2D eigenvalue weighted by Gasteiger charge is -2.36. The first-order valence-corrected chi connectivity index (χ1v) is 9.88. The van der Waals surface area contributed by atoms with E-state index in [-0.39, 0.29) is 11.9 Å². The number of rotatable bonds is 3. The molecule has 2 aliphatic heterocycles. The topological polar surface area (TPSA) is 60.9 Å². The summed E-state index contributed by atoms with van der Waals surface area (Å²) in [5, 5.41) is 0. The highest BCUT2D eigenvalue weighted by molar-refractivity contribution is 9.10. The van der Waals surface area contributed by atoms with Gasteiger partial charge in [-0.25, -0.2) is 8.42 Å².